The van der Waals surface area contributed by atoms with Crippen LogP contribution in [0.3, 0.4) is 0 Å². The average Bonchev–Trinajstić information content (AvgIpc) is 2.77. The molecule has 1 aromatic carbocycles. The molecule has 2 N–H and O–H groups in total. The molecule has 17 heavy (non-hydrogen) atoms. The van der Waals surface area contributed by atoms with Gasteiger partial charge in [-0.2, -0.15) is 0 Å². The molecule has 1 unspecified atom stereocenters. The Morgan fingerprint density at radius 2 is 1.88 bits per heavy atom. The van der Waals surface area contributed by atoms with Crippen LogP contribution in [0, 0.1) is 0 Å². The Hall–Kier alpha value is -1.61. The minimum Gasteiger partial charge on any atom is -0.324 e. The van der Waals surface area contributed by atoms with Gasteiger partial charge in [0.15, 0.2) is 0 Å². The second-order valence-electron chi connectivity index (χ2n) is 4.66. The topological polar surface area (TPSA) is 43.8 Å². The van der Waals surface area contributed by atoms with Crippen LogP contribution in [-0.4, -0.2) is 9.55 Å². The highest BCUT2D eigenvalue weighted by Gasteiger charge is 2.13. The largest absolute Gasteiger partial charge is 0.324 e. The highest BCUT2D eigenvalue weighted by atomic mass is 15.1. The fraction of sp³-hybridized carbons (Fsp3) is 0.357. The van der Waals surface area contributed by atoms with Crippen LogP contribution in [0.5, 0.6) is 0 Å². The van der Waals surface area contributed by atoms with E-state index in [4.69, 9.17) is 5.73 Å². The number of imidazole rings is 1. The minimum atomic E-state index is 0.0219. The van der Waals surface area contributed by atoms with Gasteiger partial charge in [-0.25, -0.2) is 4.98 Å². The summed E-state index contributed by atoms with van der Waals surface area (Å²) in [7, 11) is 0. The van der Waals surface area contributed by atoms with Gasteiger partial charge in [-0.05, 0) is 18.6 Å². The van der Waals surface area contributed by atoms with E-state index < -0.39 is 0 Å². The van der Waals surface area contributed by atoms with Crippen LogP contribution < -0.4 is 5.73 Å². The number of rotatable bonds is 3. The summed E-state index contributed by atoms with van der Waals surface area (Å²) in [6.07, 6.45) is 3.84. The summed E-state index contributed by atoms with van der Waals surface area (Å²) in [5, 5.41) is 0. The zero-order valence-corrected chi connectivity index (χ0v) is 10.6. The number of hydrogen-bond acceptors (Lipinski definition) is 2. The van der Waals surface area contributed by atoms with Crippen molar-refractivity contribution in [2.24, 2.45) is 5.73 Å². The molecule has 0 saturated heterocycles. The van der Waals surface area contributed by atoms with E-state index in [1.807, 2.05) is 31.5 Å². The van der Waals surface area contributed by atoms with Gasteiger partial charge in [0.2, 0.25) is 0 Å². The lowest BCUT2D eigenvalue weighted by atomic mass is 10.1. The quantitative estimate of drug-likeness (QED) is 0.879. The van der Waals surface area contributed by atoms with E-state index in [2.05, 4.69) is 35.5 Å². The van der Waals surface area contributed by atoms with Gasteiger partial charge in [0.25, 0.3) is 0 Å². The first kappa shape index (κ1) is 11.9. The molecule has 0 aliphatic rings. The van der Waals surface area contributed by atoms with Crippen LogP contribution in [-0.2, 0) is 0 Å². The molecular formula is C14H19N3. The number of aromatic nitrogens is 2. The lowest BCUT2D eigenvalue weighted by Gasteiger charge is -2.16. The SMILES string of the molecule is CC(C)c1nccn1-c1ccccc1C(C)N. The van der Waals surface area contributed by atoms with E-state index in [0.29, 0.717) is 5.92 Å². The van der Waals surface area contributed by atoms with E-state index in [9.17, 15) is 0 Å². The molecule has 2 aromatic rings. The number of benzene rings is 1. The third-order valence-electron chi connectivity index (χ3n) is 2.87. The lowest BCUT2D eigenvalue weighted by Crippen LogP contribution is -2.11. The Morgan fingerprint density at radius 1 is 1.18 bits per heavy atom. The molecule has 0 spiro atoms. The molecule has 90 valence electrons. The van der Waals surface area contributed by atoms with Gasteiger partial charge < -0.3 is 10.3 Å². The normalized spacial score (nSPS) is 13.0. The van der Waals surface area contributed by atoms with Gasteiger partial charge in [-0.15, -0.1) is 0 Å². The Balaban J connectivity index is 2.56. The molecule has 0 fully saturated rings. The first-order valence-corrected chi connectivity index (χ1v) is 5.99. The van der Waals surface area contributed by atoms with Gasteiger partial charge >= 0.3 is 0 Å². The van der Waals surface area contributed by atoms with Crippen LogP contribution >= 0.6 is 0 Å². The van der Waals surface area contributed by atoms with Crippen molar-refractivity contribution >= 4 is 0 Å². The minimum absolute atomic E-state index is 0.0219. The van der Waals surface area contributed by atoms with Crippen molar-refractivity contribution in [3.63, 3.8) is 0 Å². The lowest BCUT2D eigenvalue weighted by molar-refractivity contribution is 0.737. The second kappa shape index (κ2) is 4.72. The predicted octanol–water partition coefficient (Wildman–Crippen LogP) is 3.02. The van der Waals surface area contributed by atoms with Crippen LogP contribution in [0.4, 0.5) is 0 Å². The van der Waals surface area contributed by atoms with Crippen molar-refractivity contribution in [3.8, 4) is 5.69 Å². The molecule has 3 heteroatoms. The van der Waals surface area contributed by atoms with Crippen LogP contribution in [0.1, 0.15) is 44.1 Å². The zero-order valence-electron chi connectivity index (χ0n) is 10.6. The molecule has 1 aromatic heterocycles. The van der Waals surface area contributed by atoms with E-state index in [1.165, 1.54) is 0 Å². The van der Waals surface area contributed by atoms with Gasteiger partial charge in [0, 0.05) is 24.4 Å². The average molecular weight is 229 g/mol. The molecule has 0 amide bonds. The monoisotopic (exact) mass is 229 g/mol. The maximum atomic E-state index is 6.01. The van der Waals surface area contributed by atoms with Crippen LogP contribution in [0.2, 0.25) is 0 Å². The number of para-hydroxylation sites is 1. The Kier molecular flexibility index (Phi) is 3.29. The molecule has 2 rings (SSSR count). The molecule has 1 atom stereocenters. The maximum Gasteiger partial charge on any atom is 0.115 e. The van der Waals surface area contributed by atoms with Crippen molar-refractivity contribution < 1.29 is 0 Å². The third kappa shape index (κ3) is 2.24. The van der Waals surface area contributed by atoms with Gasteiger partial charge in [-0.1, -0.05) is 32.0 Å². The zero-order chi connectivity index (χ0) is 12.4. The van der Waals surface area contributed by atoms with Crippen molar-refractivity contribution in [2.75, 3.05) is 0 Å². The number of nitrogens with two attached hydrogens (primary N) is 1. The highest BCUT2D eigenvalue weighted by Crippen LogP contribution is 2.23. The molecular weight excluding hydrogens is 210 g/mol. The second-order valence-corrected chi connectivity index (χ2v) is 4.66. The Labute approximate surface area is 102 Å². The Morgan fingerprint density at radius 3 is 2.53 bits per heavy atom. The first-order valence-electron chi connectivity index (χ1n) is 5.99. The Bertz CT molecular complexity index is 498. The van der Waals surface area contributed by atoms with Crippen molar-refractivity contribution in [3.05, 3.63) is 48.0 Å². The van der Waals surface area contributed by atoms with Crippen LogP contribution in [0.25, 0.3) is 5.69 Å². The summed E-state index contributed by atoms with van der Waals surface area (Å²) in [5.41, 5.74) is 8.29. The van der Waals surface area contributed by atoms with Gasteiger partial charge in [0.05, 0.1) is 5.69 Å². The summed E-state index contributed by atoms with van der Waals surface area (Å²) in [5.74, 6) is 1.46. The fourth-order valence-electron chi connectivity index (χ4n) is 2.04. The van der Waals surface area contributed by atoms with E-state index >= 15 is 0 Å². The predicted molar refractivity (Wildman–Crippen MR) is 70.3 cm³/mol. The van der Waals surface area contributed by atoms with Crippen molar-refractivity contribution in [1.82, 2.24) is 9.55 Å². The van der Waals surface area contributed by atoms with Crippen molar-refractivity contribution in [1.29, 1.82) is 0 Å². The smallest absolute Gasteiger partial charge is 0.115 e. The first-order chi connectivity index (χ1) is 8.11. The standard InChI is InChI=1S/C14H19N3/c1-10(2)14-16-8-9-17(14)13-7-5-4-6-12(13)11(3)15/h4-11H,15H2,1-3H3. The summed E-state index contributed by atoms with van der Waals surface area (Å²) in [4.78, 5) is 4.41. The van der Waals surface area contributed by atoms with Gasteiger partial charge in [0.1, 0.15) is 5.82 Å². The molecule has 1 heterocycles. The summed E-state index contributed by atoms with van der Waals surface area (Å²) < 4.78 is 2.13. The van der Waals surface area contributed by atoms with Crippen molar-refractivity contribution in [2.45, 2.75) is 32.7 Å². The summed E-state index contributed by atoms with van der Waals surface area (Å²) in [6, 6.07) is 8.24. The highest BCUT2D eigenvalue weighted by molar-refractivity contribution is 5.43. The van der Waals surface area contributed by atoms with E-state index in [1.54, 1.807) is 0 Å². The fourth-order valence-corrected chi connectivity index (χ4v) is 2.04. The molecule has 0 aliphatic heterocycles. The van der Waals surface area contributed by atoms with E-state index in [-0.39, 0.29) is 6.04 Å². The molecule has 0 saturated carbocycles. The summed E-state index contributed by atoms with van der Waals surface area (Å²) >= 11 is 0. The van der Waals surface area contributed by atoms with Crippen LogP contribution in [0.15, 0.2) is 36.7 Å². The number of hydrogen-bond donors (Lipinski definition) is 1. The third-order valence-corrected chi connectivity index (χ3v) is 2.87. The maximum absolute atomic E-state index is 6.01. The molecule has 3 nitrogen and oxygen atoms in total. The molecule has 0 aliphatic carbocycles. The van der Waals surface area contributed by atoms with Gasteiger partial charge in [-0.3, -0.25) is 0 Å². The van der Waals surface area contributed by atoms with E-state index in [0.717, 1.165) is 17.1 Å². The molecule has 0 radical (unpaired) electrons. The summed E-state index contributed by atoms with van der Waals surface area (Å²) in [6.45, 7) is 6.30. The molecule has 0 bridgehead atoms. The number of nitrogens with zero attached hydrogens (tertiary/aromatic N) is 2.